The van der Waals surface area contributed by atoms with Crippen molar-refractivity contribution < 1.29 is 24.2 Å². The fraction of sp³-hybridized carbons (Fsp3) is 0.258. The van der Waals surface area contributed by atoms with Crippen LogP contribution in [0.3, 0.4) is 0 Å². The molecule has 1 N–H and O–H groups in total. The molecule has 1 unspecified atom stereocenters. The zero-order valence-corrected chi connectivity index (χ0v) is 21.0. The standard InChI is InChI=1S/C31H29NO5/c1-3-20-8-14-25(15-9-20)32-28(22-12-16-26(17-13-22)37-19(2)33)27(30(35)31(32)36)29(34)24-11-10-21-6-4-5-7-23(21)18-24/h8-18,28,34H,3-7H2,1-2H3/b29-27-. The molecule has 1 saturated heterocycles. The maximum Gasteiger partial charge on any atom is 0.308 e. The molecule has 0 spiro atoms. The normalized spacial score (nSPS) is 18.5. The van der Waals surface area contributed by atoms with Crippen LogP contribution in [0.15, 0.2) is 72.3 Å². The van der Waals surface area contributed by atoms with Gasteiger partial charge in [0.2, 0.25) is 0 Å². The molecule has 0 bridgehead atoms. The molecule has 6 nitrogen and oxygen atoms in total. The Balaban J connectivity index is 1.64. The van der Waals surface area contributed by atoms with E-state index in [1.165, 1.54) is 23.0 Å². The van der Waals surface area contributed by atoms with Crippen molar-refractivity contribution in [2.45, 2.75) is 52.0 Å². The Bertz CT molecular complexity index is 1400. The zero-order chi connectivity index (χ0) is 26.1. The smallest absolute Gasteiger partial charge is 0.308 e. The summed E-state index contributed by atoms with van der Waals surface area (Å²) in [6, 6.07) is 19.1. The lowest BCUT2D eigenvalue weighted by Gasteiger charge is -2.26. The predicted molar refractivity (Wildman–Crippen MR) is 141 cm³/mol. The van der Waals surface area contributed by atoms with Crippen LogP contribution in [0, 0.1) is 0 Å². The molecule has 0 aromatic heterocycles. The van der Waals surface area contributed by atoms with E-state index in [1.807, 2.05) is 49.4 Å². The van der Waals surface area contributed by atoms with Crippen molar-refractivity contribution in [3.63, 3.8) is 0 Å². The maximum atomic E-state index is 13.4. The SMILES string of the molecule is CCc1ccc(N2C(=O)C(=O)/C(=C(\O)c3ccc4c(c3)CCCC4)C2c2ccc(OC(C)=O)cc2)cc1. The Morgan fingerprint density at radius 1 is 0.946 bits per heavy atom. The molecule has 1 fully saturated rings. The first-order valence-corrected chi connectivity index (χ1v) is 12.7. The zero-order valence-electron chi connectivity index (χ0n) is 21.0. The molecule has 1 amide bonds. The number of aliphatic hydroxyl groups excluding tert-OH is 1. The fourth-order valence-electron chi connectivity index (χ4n) is 5.23. The van der Waals surface area contributed by atoms with E-state index in [0.29, 0.717) is 22.6 Å². The van der Waals surface area contributed by atoms with Crippen molar-refractivity contribution in [2.75, 3.05) is 4.90 Å². The van der Waals surface area contributed by atoms with Gasteiger partial charge in [-0.1, -0.05) is 43.3 Å². The van der Waals surface area contributed by atoms with E-state index in [0.717, 1.165) is 37.7 Å². The number of anilines is 1. The van der Waals surface area contributed by atoms with Gasteiger partial charge in [-0.05, 0) is 84.7 Å². The highest BCUT2D eigenvalue weighted by molar-refractivity contribution is 6.51. The lowest BCUT2D eigenvalue weighted by molar-refractivity contribution is -0.132. The van der Waals surface area contributed by atoms with Crippen LogP contribution in [-0.2, 0) is 33.6 Å². The van der Waals surface area contributed by atoms with Crippen LogP contribution in [0.2, 0.25) is 0 Å². The summed E-state index contributed by atoms with van der Waals surface area (Å²) in [6.07, 6.45) is 5.00. The van der Waals surface area contributed by atoms with Crippen LogP contribution in [0.25, 0.3) is 5.76 Å². The van der Waals surface area contributed by atoms with Gasteiger partial charge in [-0.2, -0.15) is 0 Å². The van der Waals surface area contributed by atoms with Gasteiger partial charge in [-0.15, -0.1) is 0 Å². The number of fused-ring (bicyclic) bond motifs is 1. The number of aryl methyl sites for hydroxylation is 3. The van der Waals surface area contributed by atoms with Crippen LogP contribution >= 0.6 is 0 Å². The van der Waals surface area contributed by atoms with Crippen LogP contribution in [0.5, 0.6) is 5.75 Å². The van der Waals surface area contributed by atoms with Crippen molar-refractivity contribution in [2.24, 2.45) is 0 Å². The minimum atomic E-state index is -0.838. The Labute approximate surface area is 216 Å². The summed E-state index contributed by atoms with van der Waals surface area (Å²) in [5, 5.41) is 11.5. The predicted octanol–water partition coefficient (Wildman–Crippen LogP) is 5.68. The van der Waals surface area contributed by atoms with Crippen molar-refractivity contribution in [3.05, 3.63) is 100 Å². The van der Waals surface area contributed by atoms with Gasteiger partial charge in [0.05, 0.1) is 11.6 Å². The Morgan fingerprint density at radius 3 is 2.27 bits per heavy atom. The van der Waals surface area contributed by atoms with Crippen LogP contribution in [-0.4, -0.2) is 22.8 Å². The molecule has 3 aromatic rings. The lowest BCUT2D eigenvalue weighted by atomic mass is 9.88. The van der Waals surface area contributed by atoms with E-state index >= 15 is 0 Å². The molecular weight excluding hydrogens is 466 g/mol. The molecule has 188 valence electrons. The van der Waals surface area contributed by atoms with Gasteiger partial charge in [0.15, 0.2) is 0 Å². The number of hydrogen-bond donors (Lipinski definition) is 1. The minimum absolute atomic E-state index is 0.0422. The number of carbonyl (C=O) groups is 3. The molecule has 1 aliphatic heterocycles. The van der Waals surface area contributed by atoms with Gasteiger partial charge in [-0.3, -0.25) is 19.3 Å². The molecule has 3 aromatic carbocycles. The van der Waals surface area contributed by atoms with Gasteiger partial charge in [0.25, 0.3) is 11.7 Å². The topological polar surface area (TPSA) is 83.9 Å². The molecule has 2 aliphatic rings. The summed E-state index contributed by atoms with van der Waals surface area (Å²) >= 11 is 0. The number of benzene rings is 3. The number of ether oxygens (including phenoxy) is 1. The summed E-state index contributed by atoms with van der Waals surface area (Å²) in [5.41, 5.74) is 5.30. The first-order chi connectivity index (χ1) is 17.9. The number of rotatable bonds is 5. The lowest BCUT2D eigenvalue weighted by Crippen LogP contribution is -2.29. The van der Waals surface area contributed by atoms with Gasteiger partial charge in [0.1, 0.15) is 11.5 Å². The third-order valence-electron chi connectivity index (χ3n) is 7.15. The number of amides is 1. The molecule has 0 radical (unpaired) electrons. The first-order valence-electron chi connectivity index (χ1n) is 12.7. The van der Waals surface area contributed by atoms with Gasteiger partial charge >= 0.3 is 5.97 Å². The fourth-order valence-corrected chi connectivity index (χ4v) is 5.23. The molecule has 37 heavy (non-hydrogen) atoms. The number of esters is 1. The molecule has 0 saturated carbocycles. The molecule has 1 aliphatic carbocycles. The Kier molecular flexibility index (Phi) is 6.66. The molecule has 1 heterocycles. The van der Waals surface area contributed by atoms with Gasteiger partial charge < -0.3 is 9.84 Å². The summed E-state index contributed by atoms with van der Waals surface area (Å²) in [4.78, 5) is 39.6. The largest absolute Gasteiger partial charge is 0.507 e. The van der Waals surface area contributed by atoms with Gasteiger partial charge in [-0.25, -0.2) is 0 Å². The average molecular weight is 496 g/mol. The summed E-state index contributed by atoms with van der Waals surface area (Å²) in [5.74, 6) is -1.70. The molecule has 5 rings (SSSR count). The average Bonchev–Trinajstić information content (AvgIpc) is 3.18. The van der Waals surface area contributed by atoms with Gasteiger partial charge in [0, 0.05) is 18.2 Å². The number of Topliss-reactive ketones (excluding diaryl/α,β-unsaturated/α-hetero) is 1. The number of nitrogens with zero attached hydrogens (tertiary/aromatic N) is 1. The second-order valence-electron chi connectivity index (χ2n) is 9.54. The molecular formula is C31H29NO5. The third-order valence-corrected chi connectivity index (χ3v) is 7.15. The van der Waals surface area contributed by atoms with Crippen LogP contribution in [0.4, 0.5) is 5.69 Å². The van der Waals surface area contributed by atoms with Crippen molar-refractivity contribution in [1.82, 2.24) is 0 Å². The number of ketones is 1. The van der Waals surface area contributed by atoms with Crippen molar-refractivity contribution >= 4 is 29.1 Å². The summed E-state index contributed by atoms with van der Waals surface area (Å²) in [6.45, 7) is 3.37. The van der Waals surface area contributed by atoms with E-state index in [2.05, 4.69) is 0 Å². The second-order valence-corrected chi connectivity index (χ2v) is 9.54. The Hall–Kier alpha value is -4.19. The van der Waals surface area contributed by atoms with E-state index in [1.54, 1.807) is 24.3 Å². The molecule has 6 heteroatoms. The van der Waals surface area contributed by atoms with E-state index in [9.17, 15) is 19.5 Å². The highest BCUT2D eigenvalue weighted by Gasteiger charge is 2.47. The molecule has 1 atom stereocenters. The number of aliphatic hydroxyl groups is 1. The number of carbonyl (C=O) groups excluding carboxylic acids is 3. The monoisotopic (exact) mass is 495 g/mol. The highest BCUT2D eigenvalue weighted by Crippen LogP contribution is 2.43. The van der Waals surface area contributed by atoms with Crippen molar-refractivity contribution in [3.8, 4) is 5.75 Å². The second kappa shape index (κ2) is 10.1. The quantitative estimate of drug-likeness (QED) is 0.162. The Morgan fingerprint density at radius 2 is 1.62 bits per heavy atom. The minimum Gasteiger partial charge on any atom is -0.507 e. The van der Waals surface area contributed by atoms with E-state index in [4.69, 9.17) is 4.74 Å². The first kappa shape index (κ1) is 24.5. The van der Waals surface area contributed by atoms with E-state index < -0.39 is 23.7 Å². The number of hydrogen-bond acceptors (Lipinski definition) is 5. The van der Waals surface area contributed by atoms with Crippen LogP contribution in [0.1, 0.15) is 60.5 Å². The van der Waals surface area contributed by atoms with Crippen molar-refractivity contribution in [1.29, 1.82) is 0 Å². The maximum absolute atomic E-state index is 13.4. The third kappa shape index (κ3) is 4.67. The summed E-state index contributed by atoms with van der Waals surface area (Å²) < 4.78 is 5.16. The highest BCUT2D eigenvalue weighted by atomic mass is 16.5. The van der Waals surface area contributed by atoms with E-state index in [-0.39, 0.29) is 11.3 Å². The summed E-state index contributed by atoms with van der Waals surface area (Å²) in [7, 11) is 0. The van der Waals surface area contributed by atoms with Crippen LogP contribution < -0.4 is 9.64 Å².